The van der Waals surface area contributed by atoms with Gasteiger partial charge >= 0.3 is 0 Å². The van der Waals surface area contributed by atoms with E-state index in [9.17, 15) is 0 Å². The first-order valence-corrected chi connectivity index (χ1v) is 8.52. The number of aliphatic imine (C=N–C) groups is 1. The van der Waals surface area contributed by atoms with E-state index in [0.717, 1.165) is 37.9 Å². The molecule has 0 saturated carbocycles. The Bertz CT molecular complexity index is 590. The van der Waals surface area contributed by atoms with E-state index in [2.05, 4.69) is 28.9 Å². The lowest BCUT2D eigenvalue weighted by molar-refractivity contribution is 0.145. The van der Waals surface area contributed by atoms with Crippen LogP contribution in [0.2, 0.25) is 0 Å². The second-order valence-electron chi connectivity index (χ2n) is 5.92. The summed E-state index contributed by atoms with van der Waals surface area (Å²) in [5.74, 6) is 0.500. The summed E-state index contributed by atoms with van der Waals surface area (Å²) in [4.78, 5) is 8.68. The van der Waals surface area contributed by atoms with Gasteiger partial charge in [-0.2, -0.15) is 5.10 Å². The molecule has 7 heteroatoms. The van der Waals surface area contributed by atoms with Gasteiger partial charge < -0.3 is 15.0 Å². The highest BCUT2D eigenvalue weighted by atomic mass is 16.5. The predicted octanol–water partition coefficient (Wildman–Crippen LogP) is 2.37. The zero-order valence-corrected chi connectivity index (χ0v) is 14.9. The Hall–Kier alpha value is -2.15. The molecule has 0 amide bonds. The van der Waals surface area contributed by atoms with Crippen molar-refractivity contribution in [2.24, 2.45) is 15.8 Å². The fourth-order valence-corrected chi connectivity index (χ4v) is 2.71. The number of hydrogen-bond acceptors (Lipinski definition) is 5. The number of nitrogens with two attached hydrogens (primary N) is 1. The van der Waals surface area contributed by atoms with Crippen LogP contribution in [-0.2, 0) is 11.3 Å². The van der Waals surface area contributed by atoms with Crippen LogP contribution in [0.5, 0.6) is 0 Å². The van der Waals surface area contributed by atoms with Gasteiger partial charge in [-0.1, -0.05) is 26.7 Å². The minimum atomic E-state index is -0.144. The van der Waals surface area contributed by atoms with E-state index in [-0.39, 0.29) is 6.10 Å². The minimum absolute atomic E-state index is 0.144. The van der Waals surface area contributed by atoms with Crippen LogP contribution >= 0.6 is 0 Å². The molecule has 24 heavy (non-hydrogen) atoms. The first-order chi connectivity index (χ1) is 11.7. The van der Waals surface area contributed by atoms with Crippen molar-refractivity contribution in [1.29, 1.82) is 0 Å². The predicted molar refractivity (Wildman–Crippen MR) is 96.7 cm³/mol. The van der Waals surface area contributed by atoms with Crippen LogP contribution in [0.15, 0.2) is 40.1 Å². The molecule has 1 aliphatic heterocycles. The second kappa shape index (κ2) is 9.22. The van der Waals surface area contributed by atoms with Crippen molar-refractivity contribution in [2.75, 3.05) is 13.7 Å². The summed E-state index contributed by atoms with van der Waals surface area (Å²) in [5.41, 5.74) is 8.47. The van der Waals surface area contributed by atoms with E-state index in [0.29, 0.717) is 12.4 Å². The number of nitrogens with zero attached hydrogens (tertiary/aromatic N) is 5. The molecule has 7 nitrogen and oxygen atoms in total. The van der Waals surface area contributed by atoms with Gasteiger partial charge in [0.15, 0.2) is 0 Å². The molecule has 2 heterocycles. The molecule has 0 aromatic carbocycles. The van der Waals surface area contributed by atoms with E-state index in [1.807, 2.05) is 17.1 Å². The van der Waals surface area contributed by atoms with E-state index in [1.165, 1.54) is 5.57 Å². The van der Waals surface area contributed by atoms with Crippen molar-refractivity contribution in [2.45, 2.75) is 52.2 Å². The smallest absolute Gasteiger partial charge is 0.149 e. The molecular weight excluding hydrogens is 304 g/mol. The first kappa shape index (κ1) is 18.2. The number of ether oxygens (including phenoxy) is 1. The summed E-state index contributed by atoms with van der Waals surface area (Å²) >= 11 is 0. The molecule has 0 fully saturated rings. The largest absolute Gasteiger partial charge is 0.384 e. The van der Waals surface area contributed by atoms with Crippen LogP contribution < -0.4 is 5.73 Å². The van der Waals surface area contributed by atoms with Crippen molar-refractivity contribution in [1.82, 2.24) is 14.6 Å². The molecule has 0 aliphatic carbocycles. The highest BCUT2D eigenvalue weighted by molar-refractivity contribution is 5.85. The number of hydrazone groups is 1. The van der Waals surface area contributed by atoms with Crippen LogP contribution in [0.4, 0.5) is 0 Å². The second-order valence-corrected chi connectivity index (χ2v) is 5.92. The molecule has 1 aliphatic rings. The minimum Gasteiger partial charge on any atom is -0.384 e. The zero-order chi connectivity index (χ0) is 17.4. The average molecular weight is 332 g/mol. The molecule has 0 radical (unpaired) electrons. The van der Waals surface area contributed by atoms with E-state index in [1.54, 1.807) is 24.7 Å². The fraction of sp³-hybridized carbons (Fsp3) is 0.588. The molecule has 0 saturated heterocycles. The summed E-state index contributed by atoms with van der Waals surface area (Å²) in [6.45, 7) is 5.72. The Kier molecular flexibility index (Phi) is 6.99. The number of amidine groups is 1. The zero-order valence-electron chi connectivity index (χ0n) is 14.9. The van der Waals surface area contributed by atoms with Gasteiger partial charge in [-0.05, 0) is 18.4 Å². The lowest BCUT2D eigenvalue weighted by atomic mass is 10.1. The van der Waals surface area contributed by atoms with Crippen LogP contribution in [-0.4, -0.2) is 46.5 Å². The van der Waals surface area contributed by atoms with Gasteiger partial charge in [0, 0.05) is 19.5 Å². The maximum absolute atomic E-state index is 6.10. The molecular formula is C17H28N6O. The highest BCUT2D eigenvalue weighted by Gasteiger charge is 2.17. The topological polar surface area (TPSA) is 81.0 Å². The molecule has 2 N–H and O–H groups in total. The molecule has 1 aromatic heterocycles. The molecule has 1 unspecified atom stereocenters. The third-order valence-electron chi connectivity index (χ3n) is 3.96. The van der Waals surface area contributed by atoms with Crippen LogP contribution in [0, 0.1) is 0 Å². The summed E-state index contributed by atoms with van der Waals surface area (Å²) in [6, 6.07) is 0. The van der Waals surface area contributed by atoms with Crippen molar-refractivity contribution in [3.8, 4) is 0 Å². The lowest BCUT2D eigenvalue weighted by Crippen LogP contribution is -2.35. The number of hydrogen-bond donors (Lipinski definition) is 1. The summed E-state index contributed by atoms with van der Waals surface area (Å²) in [6.07, 6.45) is 11.1. The first-order valence-electron chi connectivity index (χ1n) is 8.52. The molecule has 1 aromatic rings. The van der Waals surface area contributed by atoms with Crippen LogP contribution in [0.1, 0.15) is 39.5 Å². The molecule has 0 spiro atoms. The van der Waals surface area contributed by atoms with Gasteiger partial charge in [0.1, 0.15) is 18.3 Å². The van der Waals surface area contributed by atoms with Gasteiger partial charge in [-0.3, -0.25) is 0 Å². The third-order valence-corrected chi connectivity index (χ3v) is 3.96. The average Bonchev–Trinajstić information content (AvgIpc) is 3.08. The maximum Gasteiger partial charge on any atom is 0.149 e. The van der Waals surface area contributed by atoms with Gasteiger partial charge in [-0.25, -0.2) is 15.0 Å². The molecule has 1 atom stereocenters. The summed E-state index contributed by atoms with van der Waals surface area (Å²) in [5, 5.41) is 6.29. The van der Waals surface area contributed by atoms with Crippen molar-refractivity contribution in [3.63, 3.8) is 0 Å². The lowest BCUT2D eigenvalue weighted by Gasteiger charge is -2.24. The Labute approximate surface area is 143 Å². The Balaban J connectivity index is 2.09. The summed E-state index contributed by atoms with van der Waals surface area (Å²) < 4.78 is 7.44. The van der Waals surface area contributed by atoms with Gasteiger partial charge in [0.25, 0.3) is 0 Å². The molecule has 0 bridgehead atoms. The van der Waals surface area contributed by atoms with E-state index < -0.39 is 0 Å². The van der Waals surface area contributed by atoms with E-state index in [4.69, 9.17) is 10.5 Å². The van der Waals surface area contributed by atoms with Crippen LogP contribution in [0.3, 0.4) is 0 Å². The SMILES string of the molecule is CCCC1=C(Cn2ccnc2)N=CN(/N=C(\N)C(CCC)OC)C1. The molecule has 132 valence electrons. The number of rotatable bonds is 9. The standard InChI is InChI=1S/C17H28N6O/c1-4-6-14-10-23(21-17(18)16(24-3)7-5-2)13-20-15(14)11-22-9-8-19-12-22/h8-9,12-13,16H,4-7,10-11H2,1-3H3,(H2,18,21). The van der Waals surface area contributed by atoms with Gasteiger partial charge in [0.2, 0.25) is 0 Å². The summed E-state index contributed by atoms with van der Waals surface area (Å²) in [7, 11) is 1.67. The molecule has 2 rings (SSSR count). The number of aromatic nitrogens is 2. The van der Waals surface area contributed by atoms with E-state index >= 15 is 0 Å². The van der Waals surface area contributed by atoms with Gasteiger partial charge in [-0.15, -0.1) is 0 Å². The van der Waals surface area contributed by atoms with Crippen molar-refractivity contribution < 1.29 is 4.74 Å². The van der Waals surface area contributed by atoms with Gasteiger partial charge in [0.05, 0.1) is 25.1 Å². The normalized spacial score (nSPS) is 16.8. The van der Waals surface area contributed by atoms with Crippen LogP contribution in [0.25, 0.3) is 0 Å². The maximum atomic E-state index is 6.10. The Morgan fingerprint density at radius 2 is 2.25 bits per heavy atom. The number of imidazole rings is 1. The number of allylic oxidation sites excluding steroid dienone is 1. The monoisotopic (exact) mass is 332 g/mol. The quantitative estimate of drug-likeness (QED) is 0.556. The Morgan fingerprint density at radius 3 is 2.88 bits per heavy atom. The fourth-order valence-electron chi connectivity index (χ4n) is 2.71. The van der Waals surface area contributed by atoms with Crippen molar-refractivity contribution in [3.05, 3.63) is 30.0 Å². The van der Waals surface area contributed by atoms with Crippen molar-refractivity contribution >= 4 is 12.2 Å². The number of methoxy groups -OCH3 is 1. The Morgan fingerprint density at radius 1 is 1.42 bits per heavy atom. The third kappa shape index (κ3) is 4.92. The highest BCUT2D eigenvalue weighted by Crippen LogP contribution is 2.20.